The molecular formula is C18H19ClN2O3S. The zero-order valence-electron chi connectivity index (χ0n) is 13.9. The number of amides is 1. The monoisotopic (exact) mass is 378 g/mol. The van der Waals surface area contributed by atoms with Gasteiger partial charge >= 0.3 is 5.97 Å². The van der Waals surface area contributed by atoms with Crippen LogP contribution in [0.3, 0.4) is 0 Å². The van der Waals surface area contributed by atoms with Crippen molar-refractivity contribution in [1.82, 2.24) is 9.80 Å². The van der Waals surface area contributed by atoms with Crippen molar-refractivity contribution in [1.29, 1.82) is 0 Å². The van der Waals surface area contributed by atoms with Crippen LogP contribution in [-0.4, -0.2) is 55.0 Å². The van der Waals surface area contributed by atoms with Crippen molar-refractivity contribution in [3.63, 3.8) is 0 Å². The van der Waals surface area contributed by atoms with Crippen molar-refractivity contribution < 1.29 is 14.3 Å². The standard InChI is InChI=1S/C18H19ClN2O3S/c1-24-18(23)16-6-5-15(25-16)17(22)21-9-7-20(8-10-21)12-13-3-2-4-14(19)11-13/h2-6,11H,7-10,12H2,1H3. The molecule has 0 spiro atoms. The predicted octanol–water partition coefficient (Wildman–Crippen LogP) is 3.15. The maximum atomic E-state index is 12.6. The van der Waals surface area contributed by atoms with E-state index in [4.69, 9.17) is 11.6 Å². The quantitative estimate of drug-likeness (QED) is 0.767. The van der Waals surface area contributed by atoms with E-state index in [0.717, 1.165) is 24.7 Å². The third-order valence-electron chi connectivity index (χ3n) is 4.16. The van der Waals surface area contributed by atoms with Gasteiger partial charge in [-0.25, -0.2) is 4.79 Å². The minimum Gasteiger partial charge on any atom is -0.465 e. The summed E-state index contributed by atoms with van der Waals surface area (Å²) in [5.41, 5.74) is 1.17. The van der Waals surface area contributed by atoms with Gasteiger partial charge in [-0.2, -0.15) is 0 Å². The van der Waals surface area contributed by atoms with Gasteiger partial charge < -0.3 is 9.64 Å². The molecule has 1 aliphatic heterocycles. The highest BCUT2D eigenvalue weighted by Crippen LogP contribution is 2.20. The minimum absolute atomic E-state index is 0.0254. The fourth-order valence-corrected chi connectivity index (χ4v) is 3.93. The topological polar surface area (TPSA) is 49.9 Å². The number of rotatable bonds is 4. The first-order valence-corrected chi connectivity index (χ1v) is 9.20. The molecule has 0 radical (unpaired) electrons. The number of ether oxygens (including phenoxy) is 1. The molecule has 1 saturated heterocycles. The third-order valence-corrected chi connectivity index (χ3v) is 5.45. The molecule has 1 fully saturated rings. The number of esters is 1. The molecule has 0 saturated carbocycles. The maximum absolute atomic E-state index is 12.6. The predicted molar refractivity (Wildman–Crippen MR) is 98.3 cm³/mol. The smallest absolute Gasteiger partial charge is 0.348 e. The molecule has 132 valence electrons. The molecule has 0 unspecified atom stereocenters. The molecule has 7 heteroatoms. The Morgan fingerprint density at radius 2 is 1.84 bits per heavy atom. The Morgan fingerprint density at radius 3 is 2.52 bits per heavy atom. The highest BCUT2D eigenvalue weighted by atomic mass is 35.5. The Labute approximate surface area is 155 Å². The van der Waals surface area contributed by atoms with Gasteiger partial charge in [0.1, 0.15) is 4.88 Å². The molecule has 2 heterocycles. The second-order valence-electron chi connectivity index (χ2n) is 5.85. The summed E-state index contributed by atoms with van der Waals surface area (Å²) in [4.78, 5) is 29.3. The van der Waals surface area contributed by atoms with Crippen molar-refractivity contribution in [2.45, 2.75) is 6.54 Å². The zero-order valence-corrected chi connectivity index (χ0v) is 15.5. The fourth-order valence-electron chi connectivity index (χ4n) is 2.82. The van der Waals surface area contributed by atoms with Crippen LogP contribution in [0, 0.1) is 0 Å². The van der Waals surface area contributed by atoms with Crippen LogP contribution >= 0.6 is 22.9 Å². The van der Waals surface area contributed by atoms with Crippen molar-refractivity contribution in [2.75, 3.05) is 33.3 Å². The molecule has 1 aromatic carbocycles. The maximum Gasteiger partial charge on any atom is 0.348 e. The number of nitrogens with zero attached hydrogens (tertiary/aromatic N) is 2. The van der Waals surface area contributed by atoms with Crippen LogP contribution in [0.25, 0.3) is 0 Å². The molecule has 1 aliphatic rings. The number of piperazine rings is 1. The van der Waals surface area contributed by atoms with E-state index < -0.39 is 5.97 Å². The number of carbonyl (C=O) groups excluding carboxylic acids is 2. The summed E-state index contributed by atoms with van der Waals surface area (Å²) in [6, 6.07) is 11.2. The Hall–Kier alpha value is -1.89. The van der Waals surface area contributed by atoms with Crippen molar-refractivity contribution >= 4 is 34.8 Å². The van der Waals surface area contributed by atoms with Crippen LogP contribution in [0.15, 0.2) is 36.4 Å². The molecule has 0 aliphatic carbocycles. The molecule has 0 atom stereocenters. The Bertz CT molecular complexity index is 769. The Morgan fingerprint density at radius 1 is 1.12 bits per heavy atom. The molecule has 1 amide bonds. The van der Waals surface area contributed by atoms with Crippen molar-refractivity contribution in [3.05, 3.63) is 56.7 Å². The average Bonchev–Trinajstić information content (AvgIpc) is 3.11. The van der Waals surface area contributed by atoms with Gasteiger partial charge in [0.15, 0.2) is 0 Å². The van der Waals surface area contributed by atoms with Gasteiger partial charge in [0.05, 0.1) is 12.0 Å². The van der Waals surface area contributed by atoms with Gasteiger partial charge in [-0.3, -0.25) is 9.69 Å². The molecular weight excluding hydrogens is 360 g/mol. The van der Waals surface area contributed by atoms with Crippen molar-refractivity contribution in [3.8, 4) is 0 Å². The summed E-state index contributed by atoms with van der Waals surface area (Å²) in [5, 5.41) is 0.741. The first-order valence-electron chi connectivity index (χ1n) is 8.01. The number of benzene rings is 1. The van der Waals surface area contributed by atoms with Crippen LogP contribution in [0.5, 0.6) is 0 Å². The SMILES string of the molecule is COC(=O)c1ccc(C(=O)N2CCN(Cc3cccc(Cl)c3)CC2)s1. The van der Waals surface area contributed by atoms with E-state index in [-0.39, 0.29) is 5.91 Å². The van der Waals surface area contributed by atoms with E-state index in [0.29, 0.717) is 22.8 Å². The zero-order chi connectivity index (χ0) is 17.8. The summed E-state index contributed by atoms with van der Waals surface area (Å²) in [6.45, 7) is 3.80. The van der Waals surface area contributed by atoms with Crippen LogP contribution < -0.4 is 0 Å². The molecule has 25 heavy (non-hydrogen) atoms. The highest BCUT2D eigenvalue weighted by Gasteiger charge is 2.24. The summed E-state index contributed by atoms with van der Waals surface area (Å²) in [7, 11) is 1.34. The highest BCUT2D eigenvalue weighted by molar-refractivity contribution is 7.15. The van der Waals surface area contributed by atoms with Gasteiger partial charge in [-0.1, -0.05) is 23.7 Å². The van der Waals surface area contributed by atoms with Gasteiger partial charge in [0, 0.05) is 37.7 Å². The second-order valence-corrected chi connectivity index (χ2v) is 7.37. The normalized spacial score (nSPS) is 15.2. The number of hydrogen-bond acceptors (Lipinski definition) is 5. The summed E-state index contributed by atoms with van der Waals surface area (Å²) >= 11 is 7.20. The van der Waals surface area contributed by atoms with Gasteiger partial charge in [0.2, 0.25) is 0 Å². The largest absolute Gasteiger partial charge is 0.465 e. The van der Waals surface area contributed by atoms with Crippen LogP contribution in [0.4, 0.5) is 0 Å². The second kappa shape index (κ2) is 7.99. The van der Waals surface area contributed by atoms with Gasteiger partial charge in [-0.15, -0.1) is 11.3 Å². The van der Waals surface area contributed by atoms with E-state index in [2.05, 4.69) is 15.7 Å². The average molecular weight is 379 g/mol. The van der Waals surface area contributed by atoms with Crippen LogP contribution in [0.1, 0.15) is 24.9 Å². The molecule has 0 N–H and O–H groups in total. The number of halogens is 1. The molecule has 5 nitrogen and oxygen atoms in total. The Kier molecular flexibility index (Phi) is 5.73. The number of thiophene rings is 1. The Balaban J connectivity index is 1.55. The fraction of sp³-hybridized carbons (Fsp3) is 0.333. The van der Waals surface area contributed by atoms with Gasteiger partial charge in [0.25, 0.3) is 5.91 Å². The lowest BCUT2D eigenvalue weighted by molar-refractivity contribution is 0.0605. The van der Waals surface area contributed by atoms with Crippen LogP contribution in [-0.2, 0) is 11.3 Å². The van der Waals surface area contributed by atoms with Crippen LogP contribution in [0.2, 0.25) is 5.02 Å². The lowest BCUT2D eigenvalue weighted by Gasteiger charge is -2.34. The van der Waals surface area contributed by atoms with E-state index in [1.54, 1.807) is 12.1 Å². The molecule has 1 aromatic heterocycles. The molecule has 2 aromatic rings. The summed E-state index contributed by atoms with van der Waals surface area (Å²) in [5.74, 6) is -0.432. The third kappa shape index (κ3) is 4.39. The van der Waals surface area contributed by atoms with E-state index in [1.165, 1.54) is 24.0 Å². The number of hydrogen-bond donors (Lipinski definition) is 0. The van der Waals surface area contributed by atoms with Crippen molar-refractivity contribution in [2.24, 2.45) is 0 Å². The first-order chi connectivity index (χ1) is 12.1. The summed E-state index contributed by atoms with van der Waals surface area (Å²) in [6.07, 6.45) is 0. The van der Waals surface area contributed by atoms with Gasteiger partial charge in [-0.05, 0) is 29.8 Å². The molecule has 0 bridgehead atoms. The minimum atomic E-state index is -0.407. The van der Waals surface area contributed by atoms with E-state index in [1.807, 2.05) is 23.1 Å². The number of methoxy groups -OCH3 is 1. The summed E-state index contributed by atoms with van der Waals surface area (Å²) < 4.78 is 4.68. The van der Waals surface area contributed by atoms with E-state index >= 15 is 0 Å². The first kappa shape index (κ1) is 17.9. The van der Waals surface area contributed by atoms with E-state index in [9.17, 15) is 9.59 Å². The number of carbonyl (C=O) groups is 2. The lowest BCUT2D eigenvalue weighted by Crippen LogP contribution is -2.48. The molecule has 3 rings (SSSR count). The lowest BCUT2D eigenvalue weighted by atomic mass is 10.2.